The molecule has 0 aliphatic rings. The van der Waals surface area contributed by atoms with E-state index in [0.29, 0.717) is 10.5 Å². The summed E-state index contributed by atoms with van der Waals surface area (Å²) in [5, 5.41) is 16.2. The first-order valence-electron chi connectivity index (χ1n) is 5.47. The topological polar surface area (TPSA) is 39.0 Å². The molecule has 0 fully saturated rings. The van der Waals surface area contributed by atoms with E-state index in [2.05, 4.69) is 27.9 Å². The minimum absolute atomic E-state index is 0.306. The summed E-state index contributed by atoms with van der Waals surface area (Å²) in [5.41, 5.74) is 0.407. The lowest BCUT2D eigenvalue weighted by Crippen LogP contribution is -2.24. The van der Waals surface area contributed by atoms with E-state index in [1.807, 2.05) is 18.2 Å². The second-order valence-electron chi connectivity index (χ2n) is 3.95. The third-order valence-corrected chi connectivity index (χ3v) is 4.35. The predicted octanol–water partition coefficient (Wildman–Crippen LogP) is 4.02. The largest absolute Gasteiger partial charge is 0.618 e. The van der Waals surface area contributed by atoms with Crippen LogP contribution in [0.2, 0.25) is 0 Å². The van der Waals surface area contributed by atoms with Crippen LogP contribution < -0.4 is 10.0 Å². The summed E-state index contributed by atoms with van der Waals surface area (Å²) < 4.78 is 15.4. The number of thiophene rings is 1. The van der Waals surface area contributed by atoms with Crippen LogP contribution in [0.4, 0.5) is 15.1 Å². The summed E-state index contributed by atoms with van der Waals surface area (Å²) in [5.74, 6) is -0.306. The Bertz CT molecular complexity index is 759. The van der Waals surface area contributed by atoms with E-state index in [1.54, 1.807) is 12.1 Å². The van der Waals surface area contributed by atoms with Crippen molar-refractivity contribution in [3.05, 3.63) is 57.2 Å². The van der Waals surface area contributed by atoms with Crippen molar-refractivity contribution in [1.29, 1.82) is 0 Å². The van der Waals surface area contributed by atoms with E-state index in [9.17, 15) is 9.60 Å². The molecule has 0 spiro atoms. The van der Waals surface area contributed by atoms with Crippen LogP contribution in [-0.4, -0.2) is 0 Å². The van der Waals surface area contributed by atoms with Crippen LogP contribution in [0.1, 0.15) is 0 Å². The van der Waals surface area contributed by atoms with Crippen LogP contribution in [-0.2, 0) is 0 Å². The van der Waals surface area contributed by atoms with Gasteiger partial charge in [0.15, 0.2) is 6.20 Å². The maximum Gasteiger partial charge on any atom is 0.282 e. The van der Waals surface area contributed by atoms with Gasteiger partial charge in [-0.05, 0) is 64.3 Å². The third-order valence-electron chi connectivity index (χ3n) is 2.63. The average molecular weight is 386 g/mol. The van der Waals surface area contributed by atoms with Crippen molar-refractivity contribution < 1.29 is 9.12 Å². The second-order valence-corrected chi connectivity index (χ2v) is 6.23. The van der Waals surface area contributed by atoms with E-state index in [0.717, 1.165) is 18.7 Å². The zero-order chi connectivity index (χ0) is 13.4. The van der Waals surface area contributed by atoms with Crippen molar-refractivity contribution in [2.45, 2.75) is 0 Å². The van der Waals surface area contributed by atoms with Crippen LogP contribution in [0.3, 0.4) is 0 Å². The van der Waals surface area contributed by atoms with Crippen molar-refractivity contribution in [1.82, 2.24) is 0 Å². The average Bonchev–Trinajstić information content (AvgIpc) is 2.77. The first-order chi connectivity index (χ1) is 9.13. The SMILES string of the molecule is [O-][n+]1cccc2cc(Nc3ccc(I)cc3F)sc21. The Labute approximate surface area is 126 Å². The minimum atomic E-state index is -0.306. The van der Waals surface area contributed by atoms with Gasteiger partial charge in [0.25, 0.3) is 4.83 Å². The lowest BCUT2D eigenvalue weighted by atomic mass is 10.3. The van der Waals surface area contributed by atoms with Crippen molar-refractivity contribution in [3.8, 4) is 0 Å². The maximum absolute atomic E-state index is 13.7. The molecule has 2 aromatic heterocycles. The highest BCUT2D eigenvalue weighted by molar-refractivity contribution is 14.1. The molecule has 0 saturated carbocycles. The molecule has 96 valence electrons. The number of anilines is 2. The normalized spacial score (nSPS) is 10.8. The lowest BCUT2D eigenvalue weighted by molar-refractivity contribution is -0.574. The summed E-state index contributed by atoms with van der Waals surface area (Å²) in [6, 6.07) is 10.4. The van der Waals surface area contributed by atoms with E-state index < -0.39 is 0 Å². The molecule has 0 aliphatic carbocycles. The fraction of sp³-hybridized carbons (Fsp3) is 0. The summed E-state index contributed by atoms with van der Waals surface area (Å²) >= 11 is 3.36. The van der Waals surface area contributed by atoms with Crippen LogP contribution in [0.25, 0.3) is 10.2 Å². The Morgan fingerprint density at radius 3 is 2.84 bits per heavy atom. The Hall–Kier alpha value is -1.41. The Kier molecular flexibility index (Phi) is 3.28. The smallest absolute Gasteiger partial charge is 0.282 e. The molecule has 2 heterocycles. The third kappa shape index (κ3) is 2.50. The molecule has 0 saturated heterocycles. The van der Waals surface area contributed by atoms with Gasteiger partial charge in [-0.15, -0.1) is 0 Å². The van der Waals surface area contributed by atoms with Crippen LogP contribution >= 0.6 is 33.9 Å². The zero-order valence-electron chi connectivity index (χ0n) is 9.56. The lowest BCUT2D eigenvalue weighted by Gasteiger charge is -2.04. The molecule has 0 atom stereocenters. The standard InChI is InChI=1S/C13H8FIN2OS/c14-10-7-9(15)3-4-11(10)16-12-6-8-2-1-5-17(18)13(8)19-12/h1-7,16H. The number of rotatable bonds is 2. The highest BCUT2D eigenvalue weighted by Crippen LogP contribution is 2.30. The molecule has 0 amide bonds. The number of nitrogens with zero attached hydrogens (tertiary/aromatic N) is 1. The first kappa shape index (κ1) is 12.6. The number of pyridine rings is 1. The molecule has 3 rings (SSSR count). The molecule has 3 aromatic rings. The van der Waals surface area contributed by atoms with Gasteiger partial charge in [-0.3, -0.25) is 0 Å². The predicted molar refractivity (Wildman–Crippen MR) is 83.2 cm³/mol. The number of benzene rings is 1. The highest BCUT2D eigenvalue weighted by Gasteiger charge is 2.10. The molecule has 1 N–H and O–H groups in total. The van der Waals surface area contributed by atoms with Gasteiger partial charge < -0.3 is 10.5 Å². The Morgan fingerprint density at radius 1 is 1.26 bits per heavy atom. The number of hydrogen-bond acceptors (Lipinski definition) is 3. The molecule has 3 nitrogen and oxygen atoms in total. The summed E-state index contributed by atoms with van der Waals surface area (Å²) in [4.78, 5) is 0.607. The van der Waals surface area contributed by atoms with Crippen LogP contribution in [0.5, 0.6) is 0 Å². The van der Waals surface area contributed by atoms with E-state index in [-0.39, 0.29) is 5.82 Å². The number of hydrogen-bond donors (Lipinski definition) is 1. The van der Waals surface area contributed by atoms with Crippen molar-refractivity contribution in [3.63, 3.8) is 0 Å². The van der Waals surface area contributed by atoms with Crippen molar-refractivity contribution in [2.24, 2.45) is 0 Å². The molecule has 0 bridgehead atoms. The second kappa shape index (κ2) is 4.93. The summed E-state index contributed by atoms with van der Waals surface area (Å²) in [6.07, 6.45) is 1.45. The Balaban J connectivity index is 1.99. The van der Waals surface area contributed by atoms with Crippen LogP contribution in [0, 0.1) is 14.6 Å². The highest BCUT2D eigenvalue weighted by atomic mass is 127. The fourth-order valence-corrected chi connectivity index (χ4v) is 3.17. The van der Waals surface area contributed by atoms with Gasteiger partial charge in [0.2, 0.25) is 0 Å². The molecule has 0 unspecified atom stereocenters. The first-order valence-corrected chi connectivity index (χ1v) is 7.37. The van der Waals surface area contributed by atoms with Gasteiger partial charge in [-0.25, -0.2) is 4.39 Å². The van der Waals surface area contributed by atoms with Crippen molar-refractivity contribution >= 4 is 54.8 Å². The van der Waals surface area contributed by atoms with Crippen LogP contribution in [0.15, 0.2) is 42.6 Å². The van der Waals surface area contributed by atoms with Crippen molar-refractivity contribution in [2.75, 3.05) is 5.32 Å². The zero-order valence-corrected chi connectivity index (χ0v) is 12.5. The van der Waals surface area contributed by atoms with Gasteiger partial charge in [0.1, 0.15) is 10.8 Å². The molecule has 1 aromatic carbocycles. The summed E-state index contributed by atoms with van der Waals surface area (Å²) in [7, 11) is 0. The monoisotopic (exact) mass is 386 g/mol. The number of fused-ring (bicyclic) bond motifs is 1. The van der Waals surface area contributed by atoms with Gasteiger partial charge in [-0.2, -0.15) is 4.73 Å². The summed E-state index contributed by atoms with van der Waals surface area (Å²) in [6.45, 7) is 0. The minimum Gasteiger partial charge on any atom is -0.618 e. The van der Waals surface area contributed by atoms with E-state index >= 15 is 0 Å². The molecule has 0 aliphatic heterocycles. The van der Waals surface area contributed by atoms with Gasteiger partial charge in [0, 0.05) is 9.64 Å². The molecule has 19 heavy (non-hydrogen) atoms. The maximum atomic E-state index is 13.7. The quantitative estimate of drug-likeness (QED) is 0.411. The molecule has 6 heteroatoms. The molecular weight excluding hydrogens is 378 g/mol. The number of nitrogens with one attached hydrogen (secondary N) is 1. The van der Waals surface area contributed by atoms with Gasteiger partial charge >= 0.3 is 0 Å². The van der Waals surface area contributed by atoms with Gasteiger partial charge in [-0.1, -0.05) is 0 Å². The number of aromatic nitrogens is 1. The number of halogens is 2. The fourth-order valence-electron chi connectivity index (χ4n) is 1.76. The molecule has 0 radical (unpaired) electrons. The van der Waals surface area contributed by atoms with E-state index in [1.165, 1.54) is 23.6 Å². The Morgan fingerprint density at radius 2 is 2.11 bits per heavy atom. The van der Waals surface area contributed by atoms with Gasteiger partial charge in [0.05, 0.1) is 11.1 Å². The van der Waals surface area contributed by atoms with E-state index in [4.69, 9.17) is 0 Å². The molecular formula is C13H8FIN2OS.